The van der Waals surface area contributed by atoms with Gasteiger partial charge in [0.2, 0.25) is 10.0 Å². The number of aryl methyl sites for hydroxylation is 1. The van der Waals surface area contributed by atoms with Crippen molar-refractivity contribution < 1.29 is 17.9 Å². The number of ether oxygens (including phenoxy) is 2. The van der Waals surface area contributed by atoms with Gasteiger partial charge in [-0.1, -0.05) is 0 Å². The molecule has 1 aromatic heterocycles. The van der Waals surface area contributed by atoms with Gasteiger partial charge >= 0.3 is 0 Å². The summed E-state index contributed by atoms with van der Waals surface area (Å²) in [7, 11) is -1.87. The molecule has 3 rings (SSSR count). The molecule has 0 aliphatic carbocycles. The topological polar surface area (TPSA) is 55.8 Å². The van der Waals surface area contributed by atoms with Crippen LogP contribution in [-0.2, 0) is 27.7 Å². The van der Waals surface area contributed by atoms with Crippen LogP contribution in [0.3, 0.4) is 0 Å². The van der Waals surface area contributed by atoms with Crippen molar-refractivity contribution in [3.63, 3.8) is 0 Å². The number of benzene rings is 1. The summed E-state index contributed by atoms with van der Waals surface area (Å²) in [6.07, 6.45) is 0.781. The number of nitrogens with zero attached hydrogens (tertiary/aromatic N) is 1. The van der Waals surface area contributed by atoms with E-state index in [-0.39, 0.29) is 0 Å². The second-order valence-corrected chi connectivity index (χ2v) is 8.66. The predicted octanol–water partition coefficient (Wildman–Crippen LogP) is 2.83. The number of methoxy groups -OCH3 is 1. The molecule has 0 atom stereocenters. The molecule has 0 unspecified atom stereocenters. The van der Waals surface area contributed by atoms with E-state index in [1.54, 1.807) is 41.0 Å². The molecule has 24 heavy (non-hydrogen) atoms. The van der Waals surface area contributed by atoms with Crippen LogP contribution < -0.4 is 4.74 Å². The molecule has 0 fully saturated rings. The van der Waals surface area contributed by atoms with Gasteiger partial charge in [0.15, 0.2) is 0 Å². The minimum atomic E-state index is -3.49. The van der Waals surface area contributed by atoms with Crippen LogP contribution in [0.15, 0.2) is 34.5 Å². The Hall–Kier alpha value is -1.41. The summed E-state index contributed by atoms with van der Waals surface area (Å²) in [5.74, 6) is 0.685. The van der Waals surface area contributed by atoms with Crippen LogP contribution in [0.2, 0.25) is 0 Å². The molecule has 5 nitrogen and oxygen atoms in total. The summed E-state index contributed by atoms with van der Waals surface area (Å²) in [6.45, 7) is 3.77. The molecule has 1 aliphatic rings. The van der Waals surface area contributed by atoms with Crippen molar-refractivity contribution in [1.82, 2.24) is 4.31 Å². The van der Waals surface area contributed by atoms with Gasteiger partial charge in [0, 0.05) is 25.1 Å². The highest BCUT2D eigenvalue weighted by Gasteiger charge is 2.29. The first-order chi connectivity index (χ1) is 11.5. The van der Waals surface area contributed by atoms with Gasteiger partial charge in [-0.05, 0) is 54.1 Å². The Bertz CT molecular complexity index is 814. The van der Waals surface area contributed by atoms with E-state index in [9.17, 15) is 8.42 Å². The van der Waals surface area contributed by atoms with E-state index in [0.717, 1.165) is 17.5 Å². The second-order valence-electron chi connectivity index (χ2n) is 5.73. The van der Waals surface area contributed by atoms with Gasteiger partial charge < -0.3 is 9.47 Å². The van der Waals surface area contributed by atoms with Crippen LogP contribution >= 0.6 is 11.3 Å². The summed E-state index contributed by atoms with van der Waals surface area (Å²) in [6, 6.07) is 7.03. The Balaban J connectivity index is 1.79. The number of hydrogen-bond donors (Lipinski definition) is 0. The molecular weight excluding hydrogens is 346 g/mol. The average molecular weight is 367 g/mol. The van der Waals surface area contributed by atoms with Crippen LogP contribution in [0.1, 0.15) is 16.0 Å². The third-order valence-electron chi connectivity index (χ3n) is 4.10. The molecule has 0 N–H and O–H groups in total. The fourth-order valence-electron chi connectivity index (χ4n) is 2.76. The fourth-order valence-corrected chi connectivity index (χ4v) is 5.15. The van der Waals surface area contributed by atoms with E-state index in [1.165, 1.54) is 4.88 Å². The van der Waals surface area contributed by atoms with Crippen molar-refractivity contribution in [3.8, 4) is 5.75 Å². The zero-order chi connectivity index (χ0) is 17.2. The highest BCUT2D eigenvalue weighted by Crippen LogP contribution is 2.29. The Morgan fingerprint density at radius 2 is 2.08 bits per heavy atom. The van der Waals surface area contributed by atoms with E-state index < -0.39 is 10.0 Å². The number of hydrogen-bond acceptors (Lipinski definition) is 5. The third-order valence-corrected chi connectivity index (χ3v) is 6.97. The van der Waals surface area contributed by atoms with Crippen LogP contribution in [0.5, 0.6) is 5.75 Å². The van der Waals surface area contributed by atoms with E-state index >= 15 is 0 Å². The summed E-state index contributed by atoms with van der Waals surface area (Å²) in [5.41, 5.74) is 1.92. The number of fused-ring (bicyclic) bond motifs is 1. The Morgan fingerprint density at radius 3 is 2.83 bits per heavy atom. The van der Waals surface area contributed by atoms with Crippen LogP contribution in [0.25, 0.3) is 0 Å². The van der Waals surface area contributed by atoms with E-state index in [0.29, 0.717) is 36.9 Å². The predicted molar refractivity (Wildman–Crippen MR) is 94.2 cm³/mol. The number of rotatable bonds is 6. The largest absolute Gasteiger partial charge is 0.491 e. The maximum Gasteiger partial charge on any atom is 0.243 e. The van der Waals surface area contributed by atoms with Gasteiger partial charge in [0.25, 0.3) is 0 Å². The maximum absolute atomic E-state index is 12.9. The number of sulfonamides is 1. The van der Waals surface area contributed by atoms with Crippen molar-refractivity contribution >= 4 is 21.4 Å². The van der Waals surface area contributed by atoms with Crippen molar-refractivity contribution in [2.75, 3.05) is 26.9 Å². The Morgan fingerprint density at radius 1 is 1.25 bits per heavy atom. The molecule has 1 aliphatic heterocycles. The van der Waals surface area contributed by atoms with Crippen molar-refractivity contribution in [1.29, 1.82) is 0 Å². The highest BCUT2D eigenvalue weighted by molar-refractivity contribution is 7.89. The molecule has 0 saturated heterocycles. The molecule has 1 aromatic carbocycles. The summed E-state index contributed by atoms with van der Waals surface area (Å²) >= 11 is 1.70. The lowest BCUT2D eigenvalue weighted by Gasteiger charge is -2.26. The zero-order valence-corrected chi connectivity index (χ0v) is 15.5. The highest BCUT2D eigenvalue weighted by atomic mass is 32.2. The van der Waals surface area contributed by atoms with Gasteiger partial charge in [0.05, 0.1) is 11.5 Å². The third kappa shape index (κ3) is 3.49. The molecule has 0 amide bonds. The molecule has 0 bridgehead atoms. The smallest absolute Gasteiger partial charge is 0.243 e. The lowest BCUT2D eigenvalue weighted by atomic mass is 10.1. The molecule has 0 radical (unpaired) electrons. The second kappa shape index (κ2) is 7.23. The fraction of sp³-hybridized carbons (Fsp3) is 0.412. The van der Waals surface area contributed by atoms with Crippen LogP contribution in [0.4, 0.5) is 0 Å². The minimum Gasteiger partial charge on any atom is -0.491 e. The Labute approximate surface area is 146 Å². The van der Waals surface area contributed by atoms with Gasteiger partial charge in [-0.2, -0.15) is 4.31 Å². The first kappa shape index (κ1) is 17.4. The molecule has 2 aromatic rings. The Kier molecular flexibility index (Phi) is 5.24. The van der Waals surface area contributed by atoms with Crippen molar-refractivity contribution in [2.45, 2.75) is 24.8 Å². The van der Waals surface area contributed by atoms with Crippen LogP contribution in [-0.4, -0.2) is 39.6 Å². The summed E-state index contributed by atoms with van der Waals surface area (Å²) in [4.78, 5) is 1.61. The molecule has 7 heteroatoms. The monoisotopic (exact) mass is 367 g/mol. The first-order valence-electron chi connectivity index (χ1n) is 7.80. The van der Waals surface area contributed by atoms with Crippen molar-refractivity contribution in [3.05, 3.63) is 45.6 Å². The van der Waals surface area contributed by atoms with E-state index in [2.05, 4.69) is 0 Å². The van der Waals surface area contributed by atoms with Gasteiger partial charge in [-0.15, -0.1) is 11.3 Å². The molecule has 130 valence electrons. The van der Waals surface area contributed by atoms with Crippen molar-refractivity contribution in [2.24, 2.45) is 0 Å². The summed E-state index contributed by atoms with van der Waals surface area (Å²) in [5, 5.41) is 2.02. The molecule has 2 heterocycles. The van der Waals surface area contributed by atoms with Gasteiger partial charge in [-0.3, -0.25) is 0 Å². The zero-order valence-electron chi connectivity index (χ0n) is 13.8. The maximum atomic E-state index is 12.9. The SMILES string of the molecule is COCCOc1ccc(S(=O)(=O)N2CCc3sccc3C2)cc1C. The molecular formula is C17H21NO4S2. The average Bonchev–Trinajstić information content (AvgIpc) is 3.04. The lowest BCUT2D eigenvalue weighted by Crippen LogP contribution is -2.35. The van der Waals surface area contributed by atoms with Gasteiger partial charge in [0.1, 0.15) is 12.4 Å². The first-order valence-corrected chi connectivity index (χ1v) is 10.1. The minimum absolute atomic E-state index is 0.317. The molecule has 0 saturated carbocycles. The van der Waals surface area contributed by atoms with E-state index in [4.69, 9.17) is 9.47 Å². The lowest BCUT2D eigenvalue weighted by molar-refractivity contribution is 0.146. The van der Waals surface area contributed by atoms with E-state index in [1.807, 2.05) is 18.4 Å². The standard InChI is InChI=1S/C17H21NO4S2/c1-13-11-15(3-4-16(13)22-9-8-21-2)24(19,20)18-7-5-17-14(12-18)6-10-23-17/h3-4,6,10-11H,5,7-9,12H2,1-2H3. The van der Waals surface area contributed by atoms with Gasteiger partial charge in [-0.25, -0.2) is 8.42 Å². The summed E-state index contributed by atoms with van der Waals surface area (Å²) < 4.78 is 37.9. The molecule has 0 spiro atoms. The van der Waals surface area contributed by atoms with Crippen LogP contribution in [0, 0.1) is 6.92 Å². The normalized spacial score (nSPS) is 15.2. The quantitative estimate of drug-likeness (QED) is 0.737. The number of thiophene rings is 1.